The van der Waals surface area contributed by atoms with Gasteiger partial charge in [0.15, 0.2) is 0 Å². The predicted octanol–water partition coefficient (Wildman–Crippen LogP) is 1.88. The number of fused-ring (bicyclic) bond motifs is 1. The third-order valence-electron chi connectivity index (χ3n) is 3.94. The number of nitrogens with two attached hydrogens (primary N) is 1. The van der Waals surface area contributed by atoms with Gasteiger partial charge in [0, 0.05) is 43.3 Å². The van der Waals surface area contributed by atoms with E-state index in [9.17, 15) is 8.42 Å². The highest BCUT2D eigenvalue weighted by molar-refractivity contribution is 7.89. The molecule has 2 N–H and O–H groups in total. The first-order chi connectivity index (χ1) is 9.32. The van der Waals surface area contributed by atoms with E-state index in [-0.39, 0.29) is 18.4 Å². The molecule has 0 fully saturated rings. The van der Waals surface area contributed by atoms with Crippen LogP contribution in [0.5, 0.6) is 0 Å². The number of hydrogen-bond donors (Lipinski definition) is 1. The van der Waals surface area contributed by atoms with E-state index in [2.05, 4.69) is 0 Å². The molecule has 0 aliphatic rings. The summed E-state index contributed by atoms with van der Waals surface area (Å²) in [5.41, 5.74) is 7.24. The van der Waals surface area contributed by atoms with Crippen LogP contribution in [0.2, 0.25) is 0 Å². The number of hydrogen-bond acceptors (Lipinski definition) is 3. The van der Waals surface area contributed by atoms with Gasteiger partial charge in [-0.15, -0.1) is 12.4 Å². The molecule has 7 heteroatoms. The van der Waals surface area contributed by atoms with Crippen LogP contribution in [0.3, 0.4) is 0 Å². The van der Waals surface area contributed by atoms with Crippen LogP contribution in [0.15, 0.2) is 29.2 Å². The first-order valence-electron chi connectivity index (χ1n) is 6.54. The van der Waals surface area contributed by atoms with Crippen molar-refractivity contribution < 1.29 is 8.42 Å². The maximum absolute atomic E-state index is 12.8. The Morgan fingerprint density at radius 2 is 1.90 bits per heavy atom. The summed E-state index contributed by atoms with van der Waals surface area (Å²) in [6, 6.07) is 7.29. The quantitative estimate of drug-likeness (QED) is 0.930. The van der Waals surface area contributed by atoms with E-state index in [1.807, 2.05) is 42.8 Å². The molecule has 118 valence electrons. The van der Waals surface area contributed by atoms with Gasteiger partial charge in [-0.1, -0.05) is 18.2 Å². The minimum absolute atomic E-state index is 0. The van der Waals surface area contributed by atoms with Crippen LogP contribution < -0.4 is 5.73 Å². The lowest BCUT2D eigenvalue weighted by Gasteiger charge is -2.23. The lowest BCUT2D eigenvalue weighted by Crippen LogP contribution is -2.39. The van der Waals surface area contributed by atoms with Crippen LogP contribution in [0, 0.1) is 6.92 Å². The van der Waals surface area contributed by atoms with Crippen LogP contribution in [0.4, 0.5) is 0 Å². The van der Waals surface area contributed by atoms with E-state index in [0.29, 0.717) is 11.4 Å². The minimum atomic E-state index is -3.55. The SMILES string of the molecule is Cc1c(S(=O)(=O)N(C)C(C)CN)c2ccccc2n1C.Cl. The van der Waals surface area contributed by atoms with Crippen molar-refractivity contribution >= 4 is 33.3 Å². The zero-order chi connectivity index (χ0) is 15.1. The monoisotopic (exact) mass is 331 g/mol. The number of aromatic nitrogens is 1. The summed E-state index contributed by atoms with van der Waals surface area (Å²) in [7, 11) is -0.0988. The van der Waals surface area contributed by atoms with E-state index in [1.54, 1.807) is 14.0 Å². The standard InChI is InChI=1S/C14H21N3O2S.ClH/c1-10(9-15)17(4)20(18,19)14-11(2)16(3)13-8-6-5-7-12(13)14;/h5-8,10H,9,15H2,1-4H3;1H. The zero-order valence-corrected chi connectivity index (χ0v) is 14.3. The third kappa shape index (κ3) is 2.81. The van der Waals surface area contributed by atoms with Gasteiger partial charge in [-0.25, -0.2) is 8.42 Å². The first kappa shape index (κ1) is 18.0. The number of rotatable bonds is 4. The van der Waals surface area contributed by atoms with Gasteiger partial charge in [-0.3, -0.25) is 0 Å². The molecule has 1 aromatic carbocycles. The van der Waals surface area contributed by atoms with Crippen LogP contribution >= 0.6 is 12.4 Å². The van der Waals surface area contributed by atoms with E-state index in [1.165, 1.54) is 4.31 Å². The molecule has 0 bridgehead atoms. The Labute approximate surface area is 132 Å². The van der Waals surface area contributed by atoms with Gasteiger partial charge < -0.3 is 10.3 Å². The molecular formula is C14H22ClN3O2S. The molecule has 1 unspecified atom stereocenters. The molecule has 5 nitrogen and oxygen atoms in total. The topological polar surface area (TPSA) is 68.3 Å². The van der Waals surface area contributed by atoms with Crippen molar-refractivity contribution in [3.8, 4) is 0 Å². The smallest absolute Gasteiger partial charge is 0.245 e. The molecule has 21 heavy (non-hydrogen) atoms. The number of sulfonamides is 1. The highest BCUT2D eigenvalue weighted by Crippen LogP contribution is 2.31. The molecule has 0 aliphatic carbocycles. The van der Waals surface area contributed by atoms with Gasteiger partial charge in [0.25, 0.3) is 0 Å². The summed E-state index contributed by atoms with van der Waals surface area (Å²) >= 11 is 0. The van der Waals surface area contributed by atoms with Gasteiger partial charge in [0.1, 0.15) is 4.90 Å². The molecule has 0 spiro atoms. The fraction of sp³-hybridized carbons (Fsp3) is 0.429. The Bertz CT molecular complexity index is 740. The van der Waals surface area contributed by atoms with E-state index >= 15 is 0 Å². The molecule has 0 saturated heterocycles. The summed E-state index contributed by atoms with van der Waals surface area (Å²) in [4.78, 5) is 0.374. The van der Waals surface area contributed by atoms with Gasteiger partial charge in [-0.05, 0) is 19.9 Å². The number of nitrogens with zero attached hydrogens (tertiary/aromatic N) is 2. The van der Waals surface area contributed by atoms with Crippen molar-refractivity contribution in [3.63, 3.8) is 0 Å². The second kappa shape index (κ2) is 6.36. The van der Waals surface area contributed by atoms with Crippen molar-refractivity contribution in [1.82, 2.24) is 8.87 Å². The highest BCUT2D eigenvalue weighted by Gasteiger charge is 2.30. The fourth-order valence-corrected chi connectivity index (χ4v) is 4.15. The van der Waals surface area contributed by atoms with Crippen LogP contribution in [0.25, 0.3) is 10.9 Å². The Morgan fingerprint density at radius 1 is 1.33 bits per heavy atom. The van der Waals surface area contributed by atoms with Gasteiger partial charge in [0.2, 0.25) is 10.0 Å². The third-order valence-corrected chi connectivity index (χ3v) is 6.09. The van der Waals surface area contributed by atoms with Crippen molar-refractivity contribution in [3.05, 3.63) is 30.0 Å². The summed E-state index contributed by atoms with van der Waals surface area (Å²) in [6.07, 6.45) is 0. The highest BCUT2D eigenvalue weighted by atomic mass is 35.5. The predicted molar refractivity (Wildman–Crippen MR) is 88.4 cm³/mol. The zero-order valence-electron chi connectivity index (χ0n) is 12.7. The minimum Gasteiger partial charge on any atom is -0.347 e. The van der Waals surface area contributed by atoms with E-state index in [4.69, 9.17) is 5.73 Å². The molecule has 1 heterocycles. The summed E-state index contributed by atoms with van der Waals surface area (Å²) in [5.74, 6) is 0. The summed E-state index contributed by atoms with van der Waals surface area (Å²) < 4.78 is 28.9. The second-order valence-electron chi connectivity index (χ2n) is 5.10. The summed E-state index contributed by atoms with van der Waals surface area (Å²) in [5, 5.41) is 0.753. The number of benzene rings is 1. The average Bonchev–Trinajstić information content (AvgIpc) is 2.70. The number of para-hydroxylation sites is 1. The molecule has 0 aliphatic heterocycles. The summed E-state index contributed by atoms with van der Waals surface area (Å²) in [6.45, 7) is 3.92. The Hall–Kier alpha value is -1.08. The second-order valence-corrected chi connectivity index (χ2v) is 7.03. The number of halogens is 1. The molecule has 0 radical (unpaired) electrons. The number of aryl methyl sites for hydroxylation is 1. The lowest BCUT2D eigenvalue weighted by atomic mass is 10.2. The van der Waals surface area contributed by atoms with Gasteiger partial charge in [0.05, 0.1) is 0 Å². The van der Waals surface area contributed by atoms with Crippen LogP contribution in [0.1, 0.15) is 12.6 Å². The van der Waals surface area contributed by atoms with E-state index in [0.717, 1.165) is 16.6 Å². The van der Waals surface area contributed by atoms with Crippen molar-refractivity contribution in [2.24, 2.45) is 12.8 Å². The van der Waals surface area contributed by atoms with Crippen LogP contribution in [-0.4, -0.2) is 36.9 Å². The molecule has 2 rings (SSSR count). The lowest BCUT2D eigenvalue weighted by molar-refractivity contribution is 0.394. The maximum atomic E-state index is 12.8. The Morgan fingerprint density at radius 3 is 2.48 bits per heavy atom. The first-order valence-corrected chi connectivity index (χ1v) is 7.98. The molecule has 0 saturated carbocycles. The Balaban J connectivity index is 0.00000220. The Kier molecular flexibility index (Phi) is 5.44. The number of likely N-dealkylation sites (N-methyl/N-ethyl adjacent to an activating group) is 1. The molecule has 1 atom stereocenters. The largest absolute Gasteiger partial charge is 0.347 e. The maximum Gasteiger partial charge on any atom is 0.245 e. The van der Waals surface area contributed by atoms with Gasteiger partial charge >= 0.3 is 0 Å². The van der Waals surface area contributed by atoms with E-state index < -0.39 is 10.0 Å². The van der Waals surface area contributed by atoms with Crippen molar-refractivity contribution in [1.29, 1.82) is 0 Å². The van der Waals surface area contributed by atoms with Crippen molar-refractivity contribution in [2.45, 2.75) is 24.8 Å². The molecular weight excluding hydrogens is 310 g/mol. The normalized spacial score (nSPS) is 13.4. The average molecular weight is 332 g/mol. The van der Waals surface area contributed by atoms with Gasteiger partial charge in [-0.2, -0.15) is 4.31 Å². The molecule has 0 amide bonds. The van der Waals surface area contributed by atoms with Crippen molar-refractivity contribution in [2.75, 3.05) is 13.6 Å². The van der Waals surface area contributed by atoms with Crippen LogP contribution in [-0.2, 0) is 17.1 Å². The fourth-order valence-electron chi connectivity index (χ4n) is 2.34. The molecule has 1 aromatic heterocycles. The molecule has 2 aromatic rings.